The number of rotatable bonds is 9. The van der Waals surface area contributed by atoms with Crippen molar-refractivity contribution in [3.05, 3.63) is 52.1 Å². The molecule has 1 aliphatic heterocycles. The summed E-state index contributed by atoms with van der Waals surface area (Å²) in [6.45, 7) is 1.65. The number of carbonyl (C=O) groups excluding carboxylic acids is 1. The lowest BCUT2D eigenvalue weighted by molar-refractivity contribution is -0.385. The monoisotopic (exact) mass is 539 g/mol. The molecule has 13 heteroatoms. The van der Waals surface area contributed by atoms with Crippen LogP contribution in [-0.2, 0) is 0 Å². The summed E-state index contributed by atoms with van der Waals surface area (Å²) in [6, 6.07) is 9.83. The lowest BCUT2D eigenvalue weighted by Crippen LogP contribution is -2.49. The van der Waals surface area contributed by atoms with Crippen molar-refractivity contribution in [3.8, 4) is 40.0 Å². The highest BCUT2D eigenvalue weighted by Crippen LogP contribution is 2.41. The van der Waals surface area contributed by atoms with Gasteiger partial charge in [-0.1, -0.05) is 0 Å². The second-order valence-corrected chi connectivity index (χ2v) is 8.45. The number of hydrogen-bond acceptors (Lipinski definition) is 11. The first-order chi connectivity index (χ1) is 18.8. The van der Waals surface area contributed by atoms with Crippen LogP contribution in [0, 0.1) is 10.1 Å². The Morgan fingerprint density at radius 2 is 1.38 bits per heavy atom. The number of carbonyl (C=O) groups is 1. The van der Waals surface area contributed by atoms with Gasteiger partial charge in [0.15, 0.2) is 28.8 Å². The van der Waals surface area contributed by atoms with E-state index in [4.69, 9.17) is 23.7 Å². The molecular formula is C26H29N5O8. The summed E-state index contributed by atoms with van der Waals surface area (Å²) < 4.78 is 26.6. The Labute approximate surface area is 224 Å². The van der Waals surface area contributed by atoms with Crippen LogP contribution >= 0.6 is 0 Å². The van der Waals surface area contributed by atoms with Gasteiger partial charge in [-0.2, -0.15) is 0 Å². The number of piperazine rings is 1. The molecule has 4 rings (SSSR count). The van der Waals surface area contributed by atoms with Gasteiger partial charge in [0.05, 0.1) is 52.2 Å². The maximum atomic E-state index is 13.2. The summed E-state index contributed by atoms with van der Waals surface area (Å²) >= 11 is 0. The van der Waals surface area contributed by atoms with Gasteiger partial charge in [-0.15, -0.1) is 10.2 Å². The van der Waals surface area contributed by atoms with Crippen molar-refractivity contribution >= 4 is 17.4 Å². The molecule has 13 nitrogen and oxygen atoms in total. The average molecular weight is 540 g/mol. The number of amides is 1. The largest absolute Gasteiger partial charge is 0.493 e. The SMILES string of the molecule is COc1cc(C(=O)N2CCN(c3ccc(-c4cc(OC)c(OC)c(OC)c4)nn3)CC2)c([N+](=O)[O-])cc1OC. The number of hydrogen-bond donors (Lipinski definition) is 0. The highest BCUT2D eigenvalue weighted by atomic mass is 16.6. The number of nitrogens with zero attached hydrogens (tertiary/aromatic N) is 5. The number of ether oxygens (including phenoxy) is 5. The normalized spacial score (nSPS) is 13.1. The van der Waals surface area contributed by atoms with Crippen LogP contribution in [0.5, 0.6) is 28.7 Å². The predicted octanol–water partition coefficient (Wildman–Crippen LogP) is 3.06. The molecule has 3 aromatic rings. The molecule has 0 N–H and O–H groups in total. The summed E-state index contributed by atoms with van der Waals surface area (Å²) in [5.74, 6) is 2.12. The molecule has 0 aliphatic carbocycles. The molecular weight excluding hydrogens is 510 g/mol. The molecule has 1 amide bonds. The molecule has 0 unspecified atom stereocenters. The van der Waals surface area contributed by atoms with Gasteiger partial charge in [0.1, 0.15) is 5.56 Å². The molecule has 0 atom stereocenters. The van der Waals surface area contributed by atoms with E-state index in [1.807, 2.05) is 17.0 Å². The molecule has 0 bridgehead atoms. The second kappa shape index (κ2) is 11.7. The van der Waals surface area contributed by atoms with E-state index in [9.17, 15) is 14.9 Å². The topological polar surface area (TPSA) is 139 Å². The van der Waals surface area contributed by atoms with Crippen LogP contribution in [-0.4, -0.2) is 87.7 Å². The van der Waals surface area contributed by atoms with Gasteiger partial charge in [-0.25, -0.2) is 0 Å². The first-order valence-corrected chi connectivity index (χ1v) is 11.9. The molecule has 1 fully saturated rings. The number of nitro benzene ring substituents is 1. The van der Waals surface area contributed by atoms with Crippen molar-refractivity contribution in [3.63, 3.8) is 0 Å². The van der Waals surface area contributed by atoms with E-state index < -0.39 is 10.8 Å². The number of nitro groups is 1. The second-order valence-electron chi connectivity index (χ2n) is 8.45. The minimum absolute atomic E-state index is 0.0550. The first-order valence-electron chi connectivity index (χ1n) is 11.9. The zero-order chi connectivity index (χ0) is 28.1. The summed E-state index contributed by atoms with van der Waals surface area (Å²) in [7, 11) is 7.41. The lowest BCUT2D eigenvalue weighted by Gasteiger charge is -2.35. The Morgan fingerprint density at radius 1 is 0.795 bits per heavy atom. The average Bonchev–Trinajstić information content (AvgIpc) is 2.99. The van der Waals surface area contributed by atoms with E-state index in [-0.39, 0.29) is 22.7 Å². The molecule has 2 aromatic carbocycles. The Bertz CT molecular complexity index is 1330. The van der Waals surface area contributed by atoms with Crippen LogP contribution in [0.2, 0.25) is 0 Å². The van der Waals surface area contributed by atoms with Crippen molar-refractivity contribution in [1.29, 1.82) is 0 Å². The number of anilines is 1. The van der Waals surface area contributed by atoms with Crippen molar-refractivity contribution in [2.45, 2.75) is 0 Å². The van der Waals surface area contributed by atoms with E-state index >= 15 is 0 Å². The molecule has 1 saturated heterocycles. The number of benzene rings is 2. The minimum atomic E-state index is -0.601. The van der Waals surface area contributed by atoms with Gasteiger partial charge in [0.2, 0.25) is 5.75 Å². The summed E-state index contributed by atoms with van der Waals surface area (Å²) in [5.41, 5.74) is 0.969. The summed E-state index contributed by atoms with van der Waals surface area (Å²) in [4.78, 5) is 27.8. The minimum Gasteiger partial charge on any atom is -0.493 e. The van der Waals surface area contributed by atoms with Gasteiger partial charge >= 0.3 is 0 Å². The Kier molecular flexibility index (Phi) is 8.18. The van der Waals surface area contributed by atoms with Crippen LogP contribution in [0.1, 0.15) is 10.4 Å². The molecule has 0 spiro atoms. The van der Waals surface area contributed by atoms with E-state index in [1.54, 1.807) is 31.3 Å². The molecule has 2 heterocycles. The third-order valence-corrected chi connectivity index (χ3v) is 6.43. The van der Waals surface area contributed by atoms with Gasteiger partial charge in [0, 0.05) is 37.8 Å². The van der Waals surface area contributed by atoms with Crippen LogP contribution in [0.3, 0.4) is 0 Å². The third-order valence-electron chi connectivity index (χ3n) is 6.43. The third kappa shape index (κ3) is 5.42. The van der Waals surface area contributed by atoms with Crippen molar-refractivity contribution < 1.29 is 33.4 Å². The van der Waals surface area contributed by atoms with Gasteiger partial charge in [0.25, 0.3) is 11.6 Å². The molecule has 206 valence electrons. The van der Waals surface area contributed by atoms with Crippen LogP contribution in [0.15, 0.2) is 36.4 Å². The quantitative estimate of drug-likeness (QED) is 0.293. The predicted molar refractivity (Wildman–Crippen MR) is 141 cm³/mol. The molecule has 0 radical (unpaired) electrons. The fourth-order valence-electron chi connectivity index (χ4n) is 4.38. The molecule has 1 aliphatic rings. The number of methoxy groups -OCH3 is 5. The maximum Gasteiger partial charge on any atom is 0.286 e. The highest BCUT2D eigenvalue weighted by Gasteiger charge is 2.30. The number of aromatic nitrogens is 2. The van der Waals surface area contributed by atoms with E-state index in [0.717, 1.165) is 5.56 Å². The smallest absolute Gasteiger partial charge is 0.286 e. The van der Waals surface area contributed by atoms with E-state index in [2.05, 4.69) is 10.2 Å². The van der Waals surface area contributed by atoms with E-state index in [0.29, 0.717) is 54.9 Å². The fourth-order valence-corrected chi connectivity index (χ4v) is 4.38. The Balaban J connectivity index is 1.48. The summed E-state index contributed by atoms with van der Waals surface area (Å²) in [5, 5.41) is 20.4. The molecule has 39 heavy (non-hydrogen) atoms. The van der Waals surface area contributed by atoms with Crippen LogP contribution < -0.4 is 28.6 Å². The van der Waals surface area contributed by atoms with Gasteiger partial charge in [-0.05, 0) is 24.3 Å². The van der Waals surface area contributed by atoms with Crippen molar-refractivity contribution in [2.24, 2.45) is 0 Å². The zero-order valence-corrected chi connectivity index (χ0v) is 22.3. The zero-order valence-electron chi connectivity index (χ0n) is 22.3. The Hall–Kier alpha value is -4.81. The van der Waals surface area contributed by atoms with Crippen molar-refractivity contribution in [2.75, 3.05) is 66.6 Å². The van der Waals surface area contributed by atoms with Gasteiger partial charge < -0.3 is 33.5 Å². The van der Waals surface area contributed by atoms with Crippen LogP contribution in [0.25, 0.3) is 11.3 Å². The fraction of sp³-hybridized carbons (Fsp3) is 0.346. The van der Waals surface area contributed by atoms with Crippen LogP contribution in [0.4, 0.5) is 11.5 Å². The van der Waals surface area contributed by atoms with Crippen molar-refractivity contribution in [1.82, 2.24) is 15.1 Å². The summed E-state index contributed by atoms with van der Waals surface area (Å²) in [6.07, 6.45) is 0. The highest BCUT2D eigenvalue weighted by molar-refractivity contribution is 5.99. The first kappa shape index (κ1) is 27.2. The maximum absolute atomic E-state index is 13.2. The lowest BCUT2D eigenvalue weighted by atomic mass is 10.1. The molecule has 1 aromatic heterocycles. The Morgan fingerprint density at radius 3 is 1.87 bits per heavy atom. The van der Waals surface area contributed by atoms with E-state index in [1.165, 1.54) is 33.5 Å². The molecule has 0 saturated carbocycles. The standard InChI is InChI=1S/C26H29N5O8/c1-35-20-14-17(19(31(33)34)15-21(20)36-2)26(32)30-10-8-29(9-11-30)24-7-6-18(27-28-24)16-12-22(37-3)25(39-5)23(13-16)38-4/h6-7,12-15H,8-11H2,1-5H3. The van der Waals surface area contributed by atoms with Gasteiger partial charge in [-0.3, -0.25) is 14.9 Å².